The summed E-state index contributed by atoms with van der Waals surface area (Å²) in [5.41, 5.74) is -0.0729. The zero-order chi connectivity index (χ0) is 17.0. The standard InChI is InChI=1S/C18H28N2O4/c1-23-18-6-5-15(24-14-17(21)22)13-16(18)20(12-7-18)11-4-10-19-8-2-3-9-19/h2-3,8-9,15-16H,4-7,10-14H2,1H3,(H,21,22)/t15-,16-,18+/m1/s1. The molecule has 1 N–H and O–H groups in total. The number of rotatable bonds is 8. The minimum absolute atomic E-state index is 0.0272. The van der Waals surface area contributed by atoms with Crippen molar-refractivity contribution in [2.45, 2.75) is 56.4 Å². The van der Waals surface area contributed by atoms with Crippen molar-refractivity contribution in [1.29, 1.82) is 0 Å². The van der Waals surface area contributed by atoms with Crippen molar-refractivity contribution in [3.05, 3.63) is 24.5 Å². The average Bonchev–Trinajstić information content (AvgIpc) is 3.21. The second-order valence-corrected chi connectivity index (χ2v) is 6.95. The van der Waals surface area contributed by atoms with Gasteiger partial charge >= 0.3 is 5.97 Å². The lowest BCUT2D eigenvalue weighted by molar-refractivity contribution is -0.148. The third-order valence-corrected chi connectivity index (χ3v) is 5.62. The van der Waals surface area contributed by atoms with E-state index in [0.717, 1.165) is 51.7 Å². The van der Waals surface area contributed by atoms with E-state index in [-0.39, 0.29) is 18.3 Å². The maximum absolute atomic E-state index is 10.7. The molecule has 0 aromatic carbocycles. The summed E-state index contributed by atoms with van der Waals surface area (Å²) in [5.74, 6) is -0.895. The molecule has 0 amide bonds. The van der Waals surface area contributed by atoms with Gasteiger partial charge in [-0.15, -0.1) is 0 Å². The number of hydrogen-bond acceptors (Lipinski definition) is 4. The van der Waals surface area contributed by atoms with Crippen LogP contribution >= 0.6 is 0 Å². The van der Waals surface area contributed by atoms with Crippen LogP contribution in [0.15, 0.2) is 24.5 Å². The number of carboxylic acid groups (broad SMARTS) is 1. The molecule has 2 aliphatic rings. The summed E-state index contributed by atoms with van der Waals surface area (Å²) in [6.45, 7) is 2.91. The number of methoxy groups -OCH3 is 1. The van der Waals surface area contributed by atoms with Gasteiger partial charge in [0.25, 0.3) is 0 Å². The van der Waals surface area contributed by atoms with Gasteiger partial charge in [0.1, 0.15) is 6.61 Å². The molecule has 6 nitrogen and oxygen atoms in total. The van der Waals surface area contributed by atoms with Crippen LogP contribution in [0.5, 0.6) is 0 Å². The van der Waals surface area contributed by atoms with Crippen LogP contribution in [0, 0.1) is 0 Å². The minimum atomic E-state index is -0.895. The largest absolute Gasteiger partial charge is 0.480 e. The first-order chi connectivity index (χ1) is 11.6. The number of hydrogen-bond donors (Lipinski definition) is 1. The molecule has 1 aliphatic heterocycles. The van der Waals surface area contributed by atoms with E-state index in [2.05, 4.69) is 34.0 Å². The number of carbonyl (C=O) groups is 1. The Kier molecular flexibility index (Phi) is 5.58. The molecule has 3 rings (SSSR count). The molecule has 0 radical (unpaired) electrons. The van der Waals surface area contributed by atoms with Crippen molar-refractivity contribution in [2.24, 2.45) is 0 Å². The Morgan fingerprint density at radius 2 is 2.08 bits per heavy atom. The van der Waals surface area contributed by atoms with E-state index < -0.39 is 5.97 Å². The van der Waals surface area contributed by atoms with E-state index in [0.29, 0.717) is 6.04 Å². The van der Waals surface area contributed by atoms with Gasteiger partial charge in [0.15, 0.2) is 0 Å². The van der Waals surface area contributed by atoms with Crippen molar-refractivity contribution < 1.29 is 19.4 Å². The molecule has 0 bridgehead atoms. The van der Waals surface area contributed by atoms with Crippen LogP contribution in [-0.4, -0.2) is 65.1 Å². The molecule has 1 aliphatic carbocycles. The summed E-state index contributed by atoms with van der Waals surface area (Å²) >= 11 is 0. The van der Waals surface area contributed by atoms with E-state index >= 15 is 0 Å². The SMILES string of the molecule is CO[C@]12CC[C@@H](OCC(=O)O)C[C@H]1N(CCCn1cccc1)CC2. The first-order valence-electron chi connectivity index (χ1n) is 8.86. The first-order valence-corrected chi connectivity index (χ1v) is 8.86. The fourth-order valence-corrected chi connectivity index (χ4v) is 4.34. The summed E-state index contributed by atoms with van der Waals surface area (Å²) < 4.78 is 13.7. The molecular formula is C18H28N2O4. The summed E-state index contributed by atoms with van der Waals surface area (Å²) in [7, 11) is 1.81. The topological polar surface area (TPSA) is 63.9 Å². The fraction of sp³-hybridized carbons (Fsp3) is 0.722. The summed E-state index contributed by atoms with van der Waals surface area (Å²) in [6, 6.07) is 4.44. The van der Waals surface area contributed by atoms with Crippen molar-refractivity contribution in [3.8, 4) is 0 Å². The van der Waals surface area contributed by atoms with Gasteiger partial charge in [-0.1, -0.05) is 0 Å². The fourth-order valence-electron chi connectivity index (χ4n) is 4.34. The minimum Gasteiger partial charge on any atom is -0.480 e. The van der Waals surface area contributed by atoms with E-state index in [9.17, 15) is 4.79 Å². The maximum atomic E-state index is 10.7. The zero-order valence-electron chi connectivity index (χ0n) is 14.4. The van der Waals surface area contributed by atoms with Crippen molar-refractivity contribution in [2.75, 3.05) is 26.8 Å². The lowest BCUT2D eigenvalue weighted by atomic mass is 9.79. The van der Waals surface area contributed by atoms with Gasteiger partial charge in [0, 0.05) is 45.2 Å². The number of aryl methyl sites for hydroxylation is 1. The van der Waals surface area contributed by atoms with E-state index in [1.807, 2.05) is 7.11 Å². The molecular weight excluding hydrogens is 308 g/mol. The average molecular weight is 336 g/mol. The summed E-state index contributed by atoms with van der Waals surface area (Å²) in [4.78, 5) is 13.3. The number of aliphatic carboxylic acids is 1. The van der Waals surface area contributed by atoms with Crippen LogP contribution in [0.3, 0.4) is 0 Å². The normalized spacial score (nSPS) is 30.4. The highest BCUT2D eigenvalue weighted by atomic mass is 16.5. The molecule has 1 saturated heterocycles. The van der Waals surface area contributed by atoms with E-state index in [1.165, 1.54) is 0 Å². The number of ether oxygens (including phenoxy) is 2. The van der Waals surface area contributed by atoms with Gasteiger partial charge in [-0.25, -0.2) is 4.79 Å². The highest BCUT2D eigenvalue weighted by Gasteiger charge is 2.50. The molecule has 1 aromatic rings. The lowest BCUT2D eigenvalue weighted by Gasteiger charge is -2.43. The van der Waals surface area contributed by atoms with Gasteiger partial charge in [-0.3, -0.25) is 4.90 Å². The zero-order valence-corrected chi connectivity index (χ0v) is 14.4. The van der Waals surface area contributed by atoms with Crippen LogP contribution in [0.1, 0.15) is 32.1 Å². The third kappa shape index (κ3) is 3.82. The molecule has 6 heteroatoms. The molecule has 3 atom stereocenters. The van der Waals surface area contributed by atoms with Crippen LogP contribution in [0.25, 0.3) is 0 Å². The molecule has 24 heavy (non-hydrogen) atoms. The van der Waals surface area contributed by atoms with E-state index in [1.54, 1.807) is 0 Å². The predicted molar refractivity (Wildman–Crippen MR) is 90.0 cm³/mol. The third-order valence-electron chi connectivity index (χ3n) is 5.62. The highest BCUT2D eigenvalue weighted by molar-refractivity contribution is 5.68. The number of aromatic nitrogens is 1. The second-order valence-electron chi connectivity index (χ2n) is 6.95. The predicted octanol–water partition coefficient (Wildman–Crippen LogP) is 1.99. The maximum Gasteiger partial charge on any atom is 0.329 e. The Labute approximate surface area is 143 Å². The Morgan fingerprint density at radius 3 is 2.79 bits per heavy atom. The number of fused-ring (bicyclic) bond motifs is 1. The van der Waals surface area contributed by atoms with Gasteiger partial charge in [-0.2, -0.15) is 0 Å². The summed E-state index contributed by atoms with van der Waals surface area (Å²) in [6.07, 6.45) is 9.08. The number of nitrogens with zero attached hydrogens (tertiary/aromatic N) is 2. The van der Waals surface area contributed by atoms with Gasteiger partial charge in [-0.05, 0) is 44.2 Å². The monoisotopic (exact) mass is 336 g/mol. The summed E-state index contributed by atoms with van der Waals surface area (Å²) in [5, 5.41) is 8.82. The Morgan fingerprint density at radius 1 is 1.29 bits per heavy atom. The van der Waals surface area contributed by atoms with Gasteiger partial charge in [0.2, 0.25) is 0 Å². The lowest BCUT2D eigenvalue weighted by Crippen LogP contribution is -2.52. The Hall–Kier alpha value is -1.37. The molecule has 134 valence electrons. The Bertz CT molecular complexity index is 533. The van der Waals surface area contributed by atoms with Gasteiger partial charge in [0.05, 0.1) is 11.7 Å². The molecule has 2 fully saturated rings. The van der Waals surface area contributed by atoms with Crippen molar-refractivity contribution in [3.63, 3.8) is 0 Å². The van der Waals surface area contributed by atoms with Crippen LogP contribution in [0.2, 0.25) is 0 Å². The highest BCUT2D eigenvalue weighted by Crippen LogP contribution is 2.43. The van der Waals surface area contributed by atoms with E-state index in [4.69, 9.17) is 14.6 Å². The number of likely N-dealkylation sites (tertiary alicyclic amines) is 1. The Balaban J connectivity index is 1.55. The molecule has 1 saturated carbocycles. The smallest absolute Gasteiger partial charge is 0.329 e. The van der Waals surface area contributed by atoms with Crippen molar-refractivity contribution >= 4 is 5.97 Å². The first kappa shape index (κ1) is 17.5. The quantitative estimate of drug-likeness (QED) is 0.786. The second kappa shape index (κ2) is 7.68. The molecule has 1 aromatic heterocycles. The van der Waals surface area contributed by atoms with Crippen molar-refractivity contribution in [1.82, 2.24) is 9.47 Å². The van der Waals surface area contributed by atoms with Crippen LogP contribution in [-0.2, 0) is 20.8 Å². The molecule has 0 spiro atoms. The van der Waals surface area contributed by atoms with Gasteiger partial charge < -0.3 is 19.1 Å². The molecule has 0 unspecified atom stereocenters. The molecule has 2 heterocycles. The van der Waals surface area contributed by atoms with Crippen LogP contribution < -0.4 is 0 Å². The van der Waals surface area contributed by atoms with Crippen LogP contribution in [0.4, 0.5) is 0 Å². The number of carboxylic acids is 1.